The largest absolute Gasteiger partial charge is 0.381 e. The van der Waals surface area contributed by atoms with Crippen molar-refractivity contribution in [3.8, 4) is 0 Å². The van der Waals surface area contributed by atoms with Crippen LogP contribution in [0.25, 0.3) is 0 Å². The van der Waals surface area contributed by atoms with Crippen molar-refractivity contribution in [2.45, 2.75) is 38.1 Å². The lowest BCUT2D eigenvalue weighted by Gasteiger charge is -2.12. The van der Waals surface area contributed by atoms with Crippen molar-refractivity contribution in [3.05, 3.63) is 29.9 Å². The Bertz CT molecular complexity index is 744. The molecule has 4 heterocycles. The summed E-state index contributed by atoms with van der Waals surface area (Å²) >= 11 is 0. The van der Waals surface area contributed by atoms with Gasteiger partial charge in [0.1, 0.15) is 5.71 Å². The number of hydrazone groups is 1. The zero-order valence-electron chi connectivity index (χ0n) is 13.2. The van der Waals surface area contributed by atoms with Crippen molar-refractivity contribution in [3.63, 3.8) is 0 Å². The highest BCUT2D eigenvalue weighted by Gasteiger charge is 2.26. The molecule has 2 aromatic rings. The van der Waals surface area contributed by atoms with Crippen molar-refractivity contribution in [1.82, 2.24) is 30.2 Å². The predicted octanol–water partition coefficient (Wildman–Crippen LogP) is 0.362. The van der Waals surface area contributed by atoms with E-state index >= 15 is 0 Å². The molecule has 9 heteroatoms. The zero-order chi connectivity index (χ0) is 16.4. The second kappa shape index (κ2) is 6.52. The van der Waals surface area contributed by atoms with Crippen LogP contribution in [-0.2, 0) is 22.5 Å². The standard InChI is InChI=1S/C15H19N7O2/c23-13-2-1-12(19-20-13)15-18-14(10-4-6-24-8-10)21-22(15)5-3-11-7-16-9-17-11/h7,9-10H,1-6,8H2,(H,16,17)(H,20,23)/t10-/m0/s1. The van der Waals surface area contributed by atoms with E-state index in [2.05, 4.69) is 25.6 Å². The van der Waals surface area contributed by atoms with E-state index in [0.29, 0.717) is 26.0 Å². The van der Waals surface area contributed by atoms with Crippen LogP contribution in [0.5, 0.6) is 0 Å². The number of hydrogen-bond donors (Lipinski definition) is 2. The number of H-pyrrole nitrogens is 1. The third-order valence-corrected chi connectivity index (χ3v) is 4.29. The molecule has 9 nitrogen and oxygen atoms in total. The van der Waals surface area contributed by atoms with Crippen molar-refractivity contribution in [2.75, 3.05) is 13.2 Å². The van der Waals surface area contributed by atoms with E-state index in [1.54, 1.807) is 12.5 Å². The topological polar surface area (TPSA) is 110 Å². The fraction of sp³-hybridized carbons (Fsp3) is 0.533. The molecule has 126 valence electrons. The summed E-state index contributed by atoms with van der Waals surface area (Å²) in [6.07, 6.45) is 6.19. The highest BCUT2D eigenvalue weighted by atomic mass is 16.5. The van der Waals surface area contributed by atoms with Crippen LogP contribution < -0.4 is 5.43 Å². The third-order valence-electron chi connectivity index (χ3n) is 4.29. The Morgan fingerprint density at radius 3 is 3.04 bits per heavy atom. The molecule has 0 saturated carbocycles. The van der Waals surface area contributed by atoms with E-state index in [9.17, 15) is 4.79 Å². The van der Waals surface area contributed by atoms with Gasteiger partial charge in [-0.1, -0.05) is 0 Å². The Labute approximate surface area is 138 Å². The van der Waals surface area contributed by atoms with Crippen LogP contribution in [0.3, 0.4) is 0 Å². The number of aromatic amines is 1. The molecule has 0 aromatic carbocycles. The minimum atomic E-state index is -0.0632. The molecule has 2 aliphatic rings. The van der Waals surface area contributed by atoms with Crippen LogP contribution in [0, 0.1) is 0 Å². The number of ether oxygens (including phenoxy) is 1. The second-order valence-electron chi connectivity index (χ2n) is 6.00. The SMILES string of the molecule is O=C1CCC(c2nc([C@H]3CCOC3)nn2CCc2cnc[nH]2)=NN1. The number of rotatable bonds is 5. The molecule has 1 fully saturated rings. The van der Waals surface area contributed by atoms with Gasteiger partial charge in [0.25, 0.3) is 0 Å². The smallest absolute Gasteiger partial charge is 0.240 e. The Morgan fingerprint density at radius 1 is 1.38 bits per heavy atom. The summed E-state index contributed by atoms with van der Waals surface area (Å²) in [4.78, 5) is 23.2. The molecule has 2 aliphatic heterocycles. The molecule has 4 rings (SSSR count). The highest BCUT2D eigenvalue weighted by molar-refractivity contribution is 6.01. The van der Waals surface area contributed by atoms with Crippen molar-refractivity contribution in [1.29, 1.82) is 0 Å². The summed E-state index contributed by atoms with van der Waals surface area (Å²) in [5.74, 6) is 1.70. The van der Waals surface area contributed by atoms with Gasteiger partial charge in [-0.05, 0) is 6.42 Å². The summed E-state index contributed by atoms with van der Waals surface area (Å²) < 4.78 is 7.33. The number of nitrogens with one attached hydrogen (secondary N) is 2. The molecule has 0 spiro atoms. The summed E-state index contributed by atoms with van der Waals surface area (Å²) in [6.45, 7) is 2.08. The number of aromatic nitrogens is 5. The molecule has 0 radical (unpaired) electrons. The molecule has 2 aromatic heterocycles. The van der Waals surface area contributed by atoms with Crippen LogP contribution in [-0.4, -0.2) is 49.6 Å². The lowest BCUT2D eigenvalue weighted by atomic mass is 10.1. The van der Waals surface area contributed by atoms with Crippen molar-refractivity contribution < 1.29 is 9.53 Å². The Balaban J connectivity index is 1.60. The van der Waals surface area contributed by atoms with Crippen LogP contribution in [0.1, 0.15) is 42.5 Å². The van der Waals surface area contributed by atoms with E-state index in [0.717, 1.165) is 42.5 Å². The summed E-state index contributed by atoms with van der Waals surface area (Å²) in [5, 5.41) is 8.85. The molecule has 1 amide bonds. The van der Waals surface area contributed by atoms with Gasteiger partial charge in [0.2, 0.25) is 5.91 Å². The molecule has 2 N–H and O–H groups in total. The molecule has 0 aliphatic carbocycles. The normalized spacial score (nSPS) is 20.9. The first-order valence-corrected chi connectivity index (χ1v) is 8.15. The van der Waals surface area contributed by atoms with Gasteiger partial charge >= 0.3 is 0 Å². The van der Waals surface area contributed by atoms with E-state index in [1.165, 1.54) is 0 Å². The summed E-state index contributed by atoms with van der Waals surface area (Å²) in [7, 11) is 0. The first-order valence-electron chi connectivity index (χ1n) is 8.15. The maximum Gasteiger partial charge on any atom is 0.240 e. The number of carbonyl (C=O) groups is 1. The molecule has 24 heavy (non-hydrogen) atoms. The number of nitrogens with zero attached hydrogens (tertiary/aromatic N) is 5. The van der Waals surface area contributed by atoms with E-state index in [-0.39, 0.29) is 11.8 Å². The van der Waals surface area contributed by atoms with Gasteiger partial charge in [-0.15, -0.1) is 0 Å². The van der Waals surface area contributed by atoms with E-state index < -0.39 is 0 Å². The molecule has 1 atom stereocenters. The van der Waals surface area contributed by atoms with Crippen molar-refractivity contribution >= 4 is 11.6 Å². The molecule has 1 saturated heterocycles. The minimum Gasteiger partial charge on any atom is -0.381 e. The van der Waals surface area contributed by atoms with Gasteiger partial charge in [0.05, 0.1) is 12.9 Å². The number of carbonyl (C=O) groups excluding carboxylic acids is 1. The maximum atomic E-state index is 11.3. The van der Waals surface area contributed by atoms with E-state index in [1.807, 2.05) is 4.68 Å². The average Bonchev–Trinajstić information content (AvgIpc) is 3.34. The lowest BCUT2D eigenvalue weighted by Crippen LogP contribution is -2.28. The van der Waals surface area contributed by atoms with Gasteiger partial charge in [0, 0.05) is 50.2 Å². The average molecular weight is 329 g/mol. The fourth-order valence-corrected chi connectivity index (χ4v) is 2.92. The number of hydrogen-bond acceptors (Lipinski definition) is 6. The third kappa shape index (κ3) is 3.07. The fourth-order valence-electron chi connectivity index (χ4n) is 2.92. The molecular formula is C15H19N7O2. The maximum absolute atomic E-state index is 11.3. The lowest BCUT2D eigenvalue weighted by molar-refractivity contribution is -0.121. The van der Waals surface area contributed by atoms with Gasteiger partial charge in [-0.3, -0.25) is 4.79 Å². The highest BCUT2D eigenvalue weighted by Crippen LogP contribution is 2.23. The van der Waals surface area contributed by atoms with E-state index in [4.69, 9.17) is 9.72 Å². The van der Waals surface area contributed by atoms with Gasteiger partial charge in [0.15, 0.2) is 11.6 Å². The molecule has 0 unspecified atom stereocenters. The zero-order valence-corrected chi connectivity index (χ0v) is 13.2. The second-order valence-corrected chi connectivity index (χ2v) is 6.00. The first kappa shape index (κ1) is 15.0. The van der Waals surface area contributed by atoms with Crippen LogP contribution in [0.4, 0.5) is 0 Å². The van der Waals surface area contributed by atoms with Crippen LogP contribution in [0.15, 0.2) is 17.6 Å². The predicted molar refractivity (Wildman–Crippen MR) is 84.4 cm³/mol. The van der Waals surface area contributed by atoms with Gasteiger partial charge in [-0.2, -0.15) is 10.2 Å². The Kier molecular flexibility index (Phi) is 4.08. The Hall–Kier alpha value is -2.55. The van der Waals surface area contributed by atoms with Gasteiger partial charge < -0.3 is 9.72 Å². The quantitative estimate of drug-likeness (QED) is 0.823. The van der Waals surface area contributed by atoms with Crippen LogP contribution >= 0.6 is 0 Å². The monoisotopic (exact) mass is 329 g/mol. The minimum absolute atomic E-state index is 0.0632. The number of amides is 1. The Morgan fingerprint density at radius 2 is 2.33 bits per heavy atom. The summed E-state index contributed by atoms with van der Waals surface area (Å²) in [6, 6.07) is 0. The number of aryl methyl sites for hydroxylation is 2. The molecule has 0 bridgehead atoms. The number of imidazole rings is 1. The first-order chi connectivity index (χ1) is 11.8. The van der Waals surface area contributed by atoms with Crippen LogP contribution in [0.2, 0.25) is 0 Å². The van der Waals surface area contributed by atoms with Crippen molar-refractivity contribution in [2.24, 2.45) is 5.10 Å². The summed E-state index contributed by atoms with van der Waals surface area (Å²) in [5.41, 5.74) is 4.35. The molecular weight excluding hydrogens is 310 g/mol. The van der Waals surface area contributed by atoms with Gasteiger partial charge in [-0.25, -0.2) is 20.1 Å².